The van der Waals surface area contributed by atoms with Crippen LogP contribution < -0.4 is 15.0 Å². The van der Waals surface area contributed by atoms with E-state index in [4.69, 9.17) is 4.74 Å². The first-order chi connectivity index (χ1) is 14.7. The molecule has 2 amide bonds. The standard InChI is InChI=1S/C23H26N4O3S/c1-14(2)9-10-27-19-12-16(6-8-20(19)30-13-23(3,4)22(27)29)24-21(28)15-5-7-17-18(11-15)26-31-25-17/h5-8,11-12,14H,9-10,13H2,1-4H3,(H,24,28). The first-order valence-corrected chi connectivity index (χ1v) is 11.1. The third-order valence-electron chi connectivity index (χ3n) is 5.37. The fraction of sp³-hybridized carbons (Fsp3) is 0.391. The smallest absolute Gasteiger partial charge is 0.255 e. The lowest BCUT2D eigenvalue weighted by atomic mass is 9.92. The topological polar surface area (TPSA) is 84.4 Å². The van der Waals surface area contributed by atoms with Gasteiger partial charge in [0.2, 0.25) is 5.91 Å². The molecule has 2 heterocycles. The van der Waals surface area contributed by atoms with E-state index in [1.807, 2.05) is 26.0 Å². The molecule has 1 N–H and O–H groups in total. The van der Waals surface area contributed by atoms with Gasteiger partial charge in [-0.2, -0.15) is 8.75 Å². The zero-order chi connectivity index (χ0) is 22.2. The second-order valence-corrected chi connectivity index (χ2v) is 9.44. The molecule has 0 radical (unpaired) electrons. The predicted molar refractivity (Wildman–Crippen MR) is 123 cm³/mol. The predicted octanol–water partition coefficient (Wildman–Crippen LogP) is 4.74. The molecule has 31 heavy (non-hydrogen) atoms. The quantitative estimate of drug-likeness (QED) is 0.622. The Morgan fingerprint density at radius 2 is 1.97 bits per heavy atom. The molecule has 2 aromatic carbocycles. The molecule has 0 atom stereocenters. The monoisotopic (exact) mass is 438 g/mol. The van der Waals surface area contributed by atoms with Gasteiger partial charge in [-0.05, 0) is 62.6 Å². The number of carbonyl (C=O) groups excluding carboxylic acids is 2. The number of fused-ring (bicyclic) bond motifs is 2. The Kier molecular flexibility index (Phi) is 5.66. The number of hydrogen-bond donors (Lipinski definition) is 1. The third kappa shape index (κ3) is 4.39. The van der Waals surface area contributed by atoms with E-state index in [2.05, 4.69) is 27.9 Å². The summed E-state index contributed by atoms with van der Waals surface area (Å²) in [7, 11) is 0. The van der Waals surface area contributed by atoms with Crippen molar-refractivity contribution in [2.45, 2.75) is 34.1 Å². The minimum atomic E-state index is -0.629. The van der Waals surface area contributed by atoms with Crippen molar-refractivity contribution in [1.82, 2.24) is 8.75 Å². The number of nitrogens with one attached hydrogen (secondary N) is 1. The first-order valence-electron chi connectivity index (χ1n) is 10.4. The molecular formula is C23H26N4O3S. The number of rotatable bonds is 5. The molecule has 0 spiro atoms. The van der Waals surface area contributed by atoms with Crippen molar-refractivity contribution >= 4 is 46.0 Å². The number of nitrogens with zero attached hydrogens (tertiary/aromatic N) is 3. The minimum Gasteiger partial charge on any atom is -0.490 e. The second-order valence-electron chi connectivity index (χ2n) is 8.92. The molecule has 4 rings (SSSR count). The van der Waals surface area contributed by atoms with E-state index in [1.54, 1.807) is 29.2 Å². The summed E-state index contributed by atoms with van der Waals surface area (Å²) >= 11 is 1.12. The molecule has 8 heteroatoms. The normalized spacial score (nSPS) is 15.5. The molecule has 1 aliphatic rings. The Morgan fingerprint density at radius 1 is 1.19 bits per heavy atom. The van der Waals surface area contributed by atoms with Crippen molar-refractivity contribution in [2.24, 2.45) is 11.3 Å². The van der Waals surface area contributed by atoms with Crippen molar-refractivity contribution < 1.29 is 14.3 Å². The van der Waals surface area contributed by atoms with Gasteiger partial charge < -0.3 is 15.0 Å². The number of benzene rings is 2. The Labute approximate surface area is 185 Å². The van der Waals surface area contributed by atoms with Crippen molar-refractivity contribution in [3.8, 4) is 5.75 Å². The van der Waals surface area contributed by atoms with Crippen LogP contribution in [0.15, 0.2) is 36.4 Å². The van der Waals surface area contributed by atoms with Crippen LogP contribution >= 0.6 is 11.7 Å². The third-order valence-corrected chi connectivity index (χ3v) is 5.92. The molecule has 0 fully saturated rings. The van der Waals surface area contributed by atoms with Gasteiger partial charge in [0.05, 0.1) is 22.8 Å². The molecule has 1 aliphatic heterocycles. The molecular weight excluding hydrogens is 412 g/mol. The minimum absolute atomic E-state index is 0.0249. The molecule has 162 valence electrons. The fourth-order valence-electron chi connectivity index (χ4n) is 3.46. The van der Waals surface area contributed by atoms with Gasteiger partial charge in [0, 0.05) is 17.8 Å². The summed E-state index contributed by atoms with van der Waals surface area (Å²) < 4.78 is 14.3. The highest BCUT2D eigenvalue weighted by Gasteiger charge is 2.37. The van der Waals surface area contributed by atoms with Crippen LogP contribution in [0.1, 0.15) is 44.5 Å². The van der Waals surface area contributed by atoms with E-state index in [0.717, 1.165) is 23.7 Å². The maximum Gasteiger partial charge on any atom is 0.255 e. The van der Waals surface area contributed by atoms with Gasteiger partial charge in [-0.15, -0.1) is 0 Å². The zero-order valence-corrected chi connectivity index (χ0v) is 19.0. The Bertz CT molecular complexity index is 1140. The van der Waals surface area contributed by atoms with E-state index in [-0.39, 0.29) is 11.8 Å². The first kappa shape index (κ1) is 21.2. The highest BCUT2D eigenvalue weighted by molar-refractivity contribution is 7.00. The van der Waals surface area contributed by atoms with E-state index < -0.39 is 5.41 Å². The van der Waals surface area contributed by atoms with Gasteiger partial charge in [-0.1, -0.05) is 13.8 Å². The summed E-state index contributed by atoms with van der Waals surface area (Å²) in [5, 5.41) is 2.93. The van der Waals surface area contributed by atoms with E-state index in [0.29, 0.717) is 47.3 Å². The number of hydrogen-bond acceptors (Lipinski definition) is 6. The van der Waals surface area contributed by atoms with Gasteiger partial charge in [0.1, 0.15) is 23.4 Å². The van der Waals surface area contributed by atoms with E-state index in [9.17, 15) is 9.59 Å². The average molecular weight is 439 g/mol. The molecule has 0 unspecified atom stereocenters. The van der Waals surface area contributed by atoms with Crippen LogP contribution in [0, 0.1) is 11.3 Å². The van der Waals surface area contributed by atoms with Crippen LogP contribution in [0.25, 0.3) is 11.0 Å². The molecule has 7 nitrogen and oxygen atoms in total. The summed E-state index contributed by atoms with van der Waals surface area (Å²) in [4.78, 5) is 27.9. The van der Waals surface area contributed by atoms with Gasteiger partial charge in [0.15, 0.2) is 0 Å². The lowest BCUT2D eigenvalue weighted by Crippen LogP contribution is -2.42. The number of aromatic nitrogens is 2. The maximum absolute atomic E-state index is 13.2. The van der Waals surface area contributed by atoms with Crippen LogP contribution in [0.4, 0.5) is 11.4 Å². The van der Waals surface area contributed by atoms with Crippen LogP contribution in [0.3, 0.4) is 0 Å². The largest absolute Gasteiger partial charge is 0.490 e. The fourth-order valence-corrected chi connectivity index (χ4v) is 3.98. The van der Waals surface area contributed by atoms with Crippen molar-refractivity contribution in [3.05, 3.63) is 42.0 Å². The van der Waals surface area contributed by atoms with Gasteiger partial charge in [-0.3, -0.25) is 9.59 Å². The van der Waals surface area contributed by atoms with Crippen LogP contribution in [0.5, 0.6) is 5.75 Å². The lowest BCUT2D eigenvalue weighted by molar-refractivity contribution is -0.127. The highest BCUT2D eigenvalue weighted by atomic mass is 32.1. The summed E-state index contributed by atoms with van der Waals surface area (Å²) in [5.41, 5.74) is 2.63. The molecule has 0 aliphatic carbocycles. The van der Waals surface area contributed by atoms with E-state index >= 15 is 0 Å². The van der Waals surface area contributed by atoms with Gasteiger partial charge in [0.25, 0.3) is 5.91 Å². The molecule has 0 saturated carbocycles. The molecule has 1 aromatic heterocycles. The van der Waals surface area contributed by atoms with E-state index in [1.165, 1.54) is 0 Å². The summed E-state index contributed by atoms with van der Waals surface area (Å²) in [6, 6.07) is 10.7. The Balaban J connectivity index is 1.63. The summed E-state index contributed by atoms with van der Waals surface area (Å²) in [5.74, 6) is 0.888. The average Bonchev–Trinajstić information content (AvgIpc) is 3.17. The number of carbonyl (C=O) groups is 2. The molecule has 0 saturated heterocycles. The van der Waals surface area contributed by atoms with Crippen LogP contribution in [0.2, 0.25) is 0 Å². The second kappa shape index (κ2) is 8.26. The molecule has 3 aromatic rings. The van der Waals surface area contributed by atoms with Crippen LogP contribution in [-0.4, -0.2) is 33.7 Å². The van der Waals surface area contributed by atoms with Crippen molar-refractivity contribution in [2.75, 3.05) is 23.4 Å². The SMILES string of the molecule is CC(C)CCN1C(=O)C(C)(C)COc2ccc(NC(=O)c3ccc4nsnc4c3)cc21. The Morgan fingerprint density at radius 3 is 2.74 bits per heavy atom. The van der Waals surface area contributed by atoms with Crippen molar-refractivity contribution in [1.29, 1.82) is 0 Å². The van der Waals surface area contributed by atoms with Gasteiger partial charge >= 0.3 is 0 Å². The van der Waals surface area contributed by atoms with Crippen molar-refractivity contribution in [3.63, 3.8) is 0 Å². The zero-order valence-electron chi connectivity index (χ0n) is 18.1. The maximum atomic E-state index is 13.2. The van der Waals surface area contributed by atoms with Gasteiger partial charge in [-0.25, -0.2) is 0 Å². The summed E-state index contributed by atoms with van der Waals surface area (Å²) in [6.07, 6.45) is 0.875. The van der Waals surface area contributed by atoms with Crippen LogP contribution in [-0.2, 0) is 4.79 Å². The number of amides is 2. The summed E-state index contributed by atoms with van der Waals surface area (Å²) in [6.45, 7) is 8.98. The number of anilines is 2. The Hall–Kier alpha value is -3.00. The lowest BCUT2D eigenvalue weighted by Gasteiger charge is -2.28. The highest BCUT2D eigenvalue weighted by Crippen LogP contribution is 2.38. The number of ether oxygens (including phenoxy) is 1. The molecule has 0 bridgehead atoms.